The fourth-order valence-corrected chi connectivity index (χ4v) is 3.29. The van der Waals surface area contributed by atoms with Gasteiger partial charge in [-0.15, -0.1) is 0 Å². The van der Waals surface area contributed by atoms with Crippen LogP contribution in [0, 0.1) is 0 Å². The summed E-state index contributed by atoms with van der Waals surface area (Å²) in [6.45, 7) is 1.01. The van der Waals surface area contributed by atoms with Crippen molar-refractivity contribution in [1.82, 2.24) is 4.90 Å². The highest BCUT2D eigenvalue weighted by Gasteiger charge is 2.21. The van der Waals surface area contributed by atoms with Crippen LogP contribution in [0.2, 0.25) is 10.0 Å². The molecule has 2 aromatic rings. The molecule has 1 aliphatic rings. The standard InChI is InChI=1S/C21H22Cl2N2O4/c1-25(12-20(26)24-14-8-9-17(22)18(23)11-14)21(27)16-6-2-3-7-19(16)29-13-15-5-4-10-28-15/h2-3,6-9,11,15H,4-5,10,12-13H2,1H3,(H,24,26)/t15-/m0/s1. The Bertz CT molecular complexity index is 885. The molecule has 6 nitrogen and oxygen atoms in total. The molecule has 0 saturated carbocycles. The van der Waals surface area contributed by atoms with Gasteiger partial charge in [-0.05, 0) is 43.2 Å². The summed E-state index contributed by atoms with van der Waals surface area (Å²) in [4.78, 5) is 26.5. The van der Waals surface area contributed by atoms with Crippen LogP contribution in [0.15, 0.2) is 42.5 Å². The number of carbonyl (C=O) groups is 2. The number of benzene rings is 2. The Hall–Kier alpha value is -2.28. The summed E-state index contributed by atoms with van der Waals surface area (Å²) < 4.78 is 11.4. The van der Waals surface area contributed by atoms with Crippen LogP contribution in [0.25, 0.3) is 0 Å². The maximum atomic E-state index is 12.8. The van der Waals surface area contributed by atoms with Crippen molar-refractivity contribution in [3.05, 3.63) is 58.1 Å². The van der Waals surface area contributed by atoms with Gasteiger partial charge in [0.25, 0.3) is 5.91 Å². The van der Waals surface area contributed by atoms with Crippen molar-refractivity contribution in [3.8, 4) is 5.75 Å². The van der Waals surface area contributed by atoms with Crippen molar-refractivity contribution in [2.45, 2.75) is 18.9 Å². The lowest BCUT2D eigenvalue weighted by molar-refractivity contribution is -0.116. The second-order valence-electron chi connectivity index (χ2n) is 6.78. The molecule has 154 valence electrons. The summed E-state index contributed by atoms with van der Waals surface area (Å²) in [6, 6.07) is 11.8. The predicted molar refractivity (Wildman–Crippen MR) is 113 cm³/mol. The maximum Gasteiger partial charge on any atom is 0.257 e. The van der Waals surface area contributed by atoms with E-state index in [0.29, 0.717) is 33.7 Å². The van der Waals surface area contributed by atoms with Crippen molar-refractivity contribution in [2.75, 3.05) is 32.1 Å². The first-order valence-electron chi connectivity index (χ1n) is 9.28. The molecule has 3 rings (SSSR count). The minimum absolute atomic E-state index is 0.0489. The molecule has 2 amide bonds. The molecule has 0 spiro atoms. The summed E-state index contributed by atoms with van der Waals surface area (Å²) in [5.41, 5.74) is 0.904. The zero-order valence-corrected chi connectivity index (χ0v) is 17.5. The van der Waals surface area contributed by atoms with Gasteiger partial charge in [-0.25, -0.2) is 0 Å². The van der Waals surface area contributed by atoms with Gasteiger partial charge in [0, 0.05) is 19.3 Å². The molecule has 0 bridgehead atoms. The zero-order valence-electron chi connectivity index (χ0n) is 16.0. The molecule has 1 saturated heterocycles. The fourth-order valence-electron chi connectivity index (χ4n) is 2.99. The van der Waals surface area contributed by atoms with E-state index in [9.17, 15) is 9.59 Å². The summed E-state index contributed by atoms with van der Waals surface area (Å²) in [5, 5.41) is 3.44. The zero-order chi connectivity index (χ0) is 20.8. The quantitative estimate of drug-likeness (QED) is 0.703. The van der Waals surface area contributed by atoms with E-state index < -0.39 is 0 Å². The lowest BCUT2D eigenvalue weighted by Gasteiger charge is -2.19. The molecule has 1 N–H and O–H groups in total. The van der Waals surface area contributed by atoms with Gasteiger partial charge >= 0.3 is 0 Å². The third kappa shape index (κ3) is 5.85. The lowest BCUT2D eigenvalue weighted by atomic mass is 10.1. The monoisotopic (exact) mass is 436 g/mol. The minimum atomic E-state index is -0.350. The molecule has 1 atom stereocenters. The molecule has 1 fully saturated rings. The van der Waals surface area contributed by atoms with Crippen molar-refractivity contribution >= 4 is 40.7 Å². The Morgan fingerprint density at radius 2 is 2.00 bits per heavy atom. The van der Waals surface area contributed by atoms with Crippen LogP contribution in [0.5, 0.6) is 5.75 Å². The topological polar surface area (TPSA) is 67.9 Å². The third-order valence-electron chi connectivity index (χ3n) is 4.50. The highest BCUT2D eigenvalue weighted by atomic mass is 35.5. The summed E-state index contributed by atoms with van der Waals surface area (Å²) in [7, 11) is 1.56. The van der Waals surface area contributed by atoms with Gasteiger partial charge in [-0.3, -0.25) is 9.59 Å². The Morgan fingerprint density at radius 3 is 2.72 bits per heavy atom. The van der Waals surface area contributed by atoms with E-state index in [1.165, 1.54) is 4.90 Å². The van der Waals surface area contributed by atoms with E-state index in [-0.39, 0.29) is 24.5 Å². The van der Waals surface area contributed by atoms with Gasteiger partial charge in [0.05, 0.1) is 28.3 Å². The summed E-state index contributed by atoms with van der Waals surface area (Å²) in [6.07, 6.45) is 2.02. The number of nitrogens with one attached hydrogen (secondary N) is 1. The maximum absolute atomic E-state index is 12.8. The molecule has 1 heterocycles. The normalized spacial score (nSPS) is 15.8. The highest BCUT2D eigenvalue weighted by Crippen LogP contribution is 2.25. The van der Waals surface area contributed by atoms with Gasteiger partial charge < -0.3 is 19.7 Å². The van der Waals surface area contributed by atoms with E-state index in [1.807, 2.05) is 0 Å². The predicted octanol–water partition coefficient (Wildman–Crippen LogP) is 4.26. The van der Waals surface area contributed by atoms with E-state index >= 15 is 0 Å². The first-order valence-corrected chi connectivity index (χ1v) is 10.0. The van der Waals surface area contributed by atoms with Crippen LogP contribution in [0.1, 0.15) is 23.2 Å². The largest absolute Gasteiger partial charge is 0.490 e. The lowest BCUT2D eigenvalue weighted by Crippen LogP contribution is -2.35. The molecular weight excluding hydrogens is 415 g/mol. The van der Waals surface area contributed by atoms with Crippen LogP contribution >= 0.6 is 23.2 Å². The average Bonchev–Trinajstić information content (AvgIpc) is 3.22. The number of anilines is 1. The van der Waals surface area contributed by atoms with Crippen LogP contribution < -0.4 is 10.1 Å². The number of carbonyl (C=O) groups excluding carboxylic acids is 2. The second kappa shape index (κ2) is 9.96. The molecule has 0 aromatic heterocycles. The Kier molecular flexibility index (Phi) is 7.36. The van der Waals surface area contributed by atoms with Gasteiger partial charge in [0.15, 0.2) is 0 Å². The van der Waals surface area contributed by atoms with Crippen molar-refractivity contribution in [1.29, 1.82) is 0 Å². The number of nitrogens with zero attached hydrogens (tertiary/aromatic N) is 1. The average molecular weight is 437 g/mol. The number of para-hydroxylation sites is 1. The molecule has 0 unspecified atom stereocenters. The number of rotatable bonds is 7. The van der Waals surface area contributed by atoms with Gasteiger partial charge in [-0.2, -0.15) is 0 Å². The third-order valence-corrected chi connectivity index (χ3v) is 5.24. The van der Waals surface area contributed by atoms with E-state index in [4.69, 9.17) is 32.7 Å². The van der Waals surface area contributed by atoms with Crippen LogP contribution in [0.3, 0.4) is 0 Å². The number of halogens is 2. The Balaban J connectivity index is 1.60. The highest BCUT2D eigenvalue weighted by molar-refractivity contribution is 6.42. The molecular formula is C21H22Cl2N2O4. The van der Waals surface area contributed by atoms with Crippen LogP contribution in [-0.2, 0) is 9.53 Å². The molecule has 0 aliphatic carbocycles. The Morgan fingerprint density at radius 1 is 1.21 bits per heavy atom. The number of amides is 2. The summed E-state index contributed by atoms with van der Waals surface area (Å²) >= 11 is 11.8. The van der Waals surface area contributed by atoms with E-state index in [0.717, 1.165) is 19.4 Å². The molecule has 0 radical (unpaired) electrons. The first-order chi connectivity index (χ1) is 13.9. The molecule has 1 aliphatic heterocycles. The van der Waals surface area contributed by atoms with Gasteiger partial charge in [0.2, 0.25) is 5.91 Å². The van der Waals surface area contributed by atoms with E-state index in [1.54, 1.807) is 49.5 Å². The van der Waals surface area contributed by atoms with E-state index in [2.05, 4.69) is 5.32 Å². The van der Waals surface area contributed by atoms with Crippen molar-refractivity contribution < 1.29 is 19.1 Å². The van der Waals surface area contributed by atoms with Crippen molar-refractivity contribution in [3.63, 3.8) is 0 Å². The van der Waals surface area contributed by atoms with Crippen LogP contribution in [-0.4, -0.2) is 49.6 Å². The second-order valence-corrected chi connectivity index (χ2v) is 7.59. The van der Waals surface area contributed by atoms with Gasteiger partial charge in [-0.1, -0.05) is 35.3 Å². The summed E-state index contributed by atoms with van der Waals surface area (Å²) in [5.74, 6) is -0.182. The molecule has 8 heteroatoms. The fraction of sp³-hybridized carbons (Fsp3) is 0.333. The first kappa shape index (κ1) is 21.4. The smallest absolute Gasteiger partial charge is 0.257 e. The van der Waals surface area contributed by atoms with Gasteiger partial charge in [0.1, 0.15) is 12.4 Å². The SMILES string of the molecule is CN(CC(=O)Nc1ccc(Cl)c(Cl)c1)C(=O)c1ccccc1OC[C@@H]1CCCO1. The Labute approximate surface area is 179 Å². The molecule has 2 aromatic carbocycles. The number of hydrogen-bond donors (Lipinski definition) is 1. The molecule has 29 heavy (non-hydrogen) atoms. The number of likely N-dealkylation sites (N-methyl/N-ethyl adjacent to an activating group) is 1. The van der Waals surface area contributed by atoms with Crippen LogP contribution in [0.4, 0.5) is 5.69 Å². The number of hydrogen-bond acceptors (Lipinski definition) is 4. The van der Waals surface area contributed by atoms with Crippen molar-refractivity contribution in [2.24, 2.45) is 0 Å². The number of ether oxygens (including phenoxy) is 2. The minimum Gasteiger partial charge on any atom is -0.490 e.